The second-order valence-corrected chi connectivity index (χ2v) is 13.7. The van der Waals surface area contributed by atoms with Gasteiger partial charge in [0.2, 0.25) is 11.8 Å². The van der Waals surface area contributed by atoms with E-state index in [9.17, 15) is 19.8 Å². The van der Waals surface area contributed by atoms with Gasteiger partial charge in [0.1, 0.15) is 36.2 Å². The van der Waals surface area contributed by atoms with Gasteiger partial charge in [-0.1, -0.05) is 97.1 Å². The molecule has 0 spiro atoms. The number of fused-ring (bicyclic) bond motifs is 8. The van der Waals surface area contributed by atoms with Gasteiger partial charge in [-0.15, -0.1) is 0 Å². The number of benzene rings is 6. The lowest BCUT2D eigenvalue weighted by molar-refractivity contribution is -0.115. The number of phenols is 2. The molecule has 0 heterocycles. The van der Waals surface area contributed by atoms with E-state index in [4.69, 9.17) is 9.47 Å². The lowest BCUT2D eigenvalue weighted by Crippen LogP contribution is -2.10. The number of anilines is 2. The summed E-state index contributed by atoms with van der Waals surface area (Å²) < 4.78 is 13.2. The maximum absolute atomic E-state index is 12.3. The van der Waals surface area contributed by atoms with Gasteiger partial charge < -0.3 is 30.3 Å². The number of carbonyl (C=O) groups is 2. The third kappa shape index (κ3) is 8.40. The monoisotopic (exact) mass is 718 g/mol. The number of aromatic hydroxyl groups is 2. The maximum atomic E-state index is 12.3. The molecule has 6 aromatic carbocycles. The van der Waals surface area contributed by atoms with Crippen molar-refractivity contribution in [2.24, 2.45) is 0 Å². The Kier molecular flexibility index (Phi) is 10.6. The summed E-state index contributed by atoms with van der Waals surface area (Å²) in [7, 11) is 0. The Bertz CT molecular complexity index is 2070. The fourth-order valence-electron chi connectivity index (χ4n) is 7.09. The van der Waals surface area contributed by atoms with Crippen molar-refractivity contribution in [2.45, 2.75) is 52.7 Å². The SMILES string of the molecule is CC(=O)Nc1cc2c(O)c(c1)Cc1cccc(c1OCc1ccccc1)Cc1cc(NC(C)=O)cc(c1O)Cc1cccc(c1OCc1ccccc1)C2. The predicted octanol–water partition coefficient (Wildman–Crippen LogP) is 8.85. The standard InChI is InChI=1S/C46H42N2O6/c1-29(49)47-41-23-37-19-33-15-9-17-35(45(33)53-27-31-11-5-3-6-12-31)21-39-25-42(48-30(2)50)26-40(44(39)52)22-36-18-10-16-34(20-38(24-41)43(37)51)46(36)54-28-32-13-7-4-8-14-32/h3-18,23-26,51-52H,19-22,27-28H2,1-2H3,(H,47,49)(H,48,50). The van der Waals surface area contributed by atoms with Crippen LogP contribution in [0.25, 0.3) is 0 Å². The Balaban J connectivity index is 1.42. The zero-order chi connectivity index (χ0) is 37.6. The third-order valence-electron chi connectivity index (χ3n) is 9.51. The molecular formula is C46H42N2O6. The van der Waals surface area contributed by atoms with Crippen molar-refractivity contribution in [3.05, 3.63) is 177 Å². The number of rotatable bonds is 8. The van der Waals surface area contributed by atoms with Crippen molar-refractivity contribution in [1.82, 2.24) is 0 Å². The van der Waals surface area contributed by atoms with Gasteiger partial charge >= 0.3 is 0 Å². The lowest BCUT2D eigenvalue weighted by atomic mass is 9.90. The van der Waals surface area contributed by atoms with Gasteiger partial charge in [-0.25, -0.2) is 0 Å². The number of carbonyl (C=O) groups excluding carboxylic acids is 2. The molecule has 6 aromatic rings. The van der Waals surface area contributed by atoms with E-state index in [2.05, 4.69) is 10.6 Å². The Hall–Kier alpha value is -6.54. The Morgan fingerprint density at radius 3 is 1.09 bits per heavy atom. The van der Waals surface area contributed by atoms with Crippen LogP contribution in [0.2, 0.25) is 0 Å². The van der Waals surface area contributed by atoms with Crippen LogP contribution >= 0.6 is 0 Å². The van der Waals surface area contributed by atoms with Crippen LogP contribution in [0.3, 0.4) is 0 Å². The van der Waals surface area contributed by atoms with Crippen molar-refractivity contribution in [1.29, 1.82) is 0 Å². The van der Waals surface area contributed by atoms with Crippen molar-refractivity contribution in [3.63, 3.8) is 0 Å². The summed E-state index contributed by atoms with van der Waals surface area (Å²) in [6, 6.07) is 38.7. The molecule has 0 aromatic heterocycles. The third-order valence-corrected chi connectivity index (χ3v) is 9.51. The first-order valence-electron chi connectivity index (χ1n) is 18.0. The van der Waals surface area contributed by atoms with E-state index in [0.717, 1.165) is 33.4 Å². The molecule has 0 atom stereocenters. The van der Waals surface area contributed by atoms with Crippen molar-refractivity contribution < 1.29 is 29.3 Å². The molecule has 0 unspecified atom stereocenters. The topological polar surface area (TPSA) is 117 Å². The fraction of sp³-hybridized carbons (Fsp3) is 0.174. The zero-order valence-corrected chi connectivity index (χ0v) is 30.3. The van der Waals surface area contributed by atoms with E-state index < -0.39 is 0 Å². The van der Waals surface area contributed by atoms with Gasteiger partial charge in [0, 0.05) is 73.2 Å². The first-order chi connectivity index (χ1) is 26.2. The highest BCUT2D eigenvalue weighted by Crippen LogP contribution is 2.40. The second kappa shape index (κ2) is 16.0. The fourth-order valence-corrected chi connectivity index (χ4v) is 7.09. The zero-order valence-electron chi connectivity index (χ0n) is 30.3. The molecule has 0 saturated heterocycles. The molecule has 2 amide bonds. The maximum Gasteiger partial charge on any atom is 0.221 e. The van der Waals surface area contributed by atoms with Crippen LogP contribution in [0.4, 0.5) is 11.4 Å². The highest BCUT2D eigenvalue weighted by molar-refractivity contribution is 5.90. The minimum atomic E-state index is -0.220. The molecule has 1 aliphatic carbocycles. The summed E-state index contributed by atoms with van der Waals surface area (Å²) in [6.45, 7) is 3.53. The number of phenolic OH excluding ortho intramolecular Hbond substituents is 2. The molecule has 0 radical (unpaired) electrons. The number of hydrogen-bond acceptors (Lipinski definition) is 6. The van der Waals surface area contributed by atoms with Gasteiger partial charge in [-0.3, -0.25) is 9.59 Å². The number of para-hydroxylation sites is 2. The number of ether oxygens (including phenoxy) is 2. The van der Waals surface area contributed by atoms with Gasteiger partial charge in [0.05, 0.1) is 0 Å². The second-order valence-electron chi connectivity index (χ2n) is 13.7. The Morgan fingerprint density at radius 2 is 0.796 bits per heavy atom. The first kappa shape index (κ1) is 35.8. The molecule has 0 aliphatic heterocycles. The molecule has 54 heavy (non-hydrogen) atoms. The van der Waals surface area contributed by atoms with Gasteiger partial charge in [-0.2, -0.15) is 0 Å². The van der Waals surface area contributed by atoms with Gasteiger partial charge in [0.15, 0.2) is 0 Å². The summed E-state index contributed by atoms with van der Waals surface area (Å²) in [6.07, 6.45) is 1.19. The van der Waals surface area contributed by atoms with Crippen LogP contribution in [-0.2, 0) is 48.5 Å². The van der Waals surface area contributed by atoms with Crippen molar-refractivity contribution in [2.75, 3.05) is 10.6 Å². The van der Waals surface area contributed by atoms with Crippen molar-refractivity contribution >= 4 is 23.2 Å². The highest BCUT2D eigenvalue weighted by atomic mass is 16.5. The predicted molar refractivity (Wildman–Crippen MR) is 210 cm³/mol. The highest BCUT2D eigenvalue weighted by Gasteiger charge is 2.22. The van der Waals surface area contributed by atoms with E-state index in [1.54, 1.807) is 24.3 Å². The van der Waals surface area contributed by atoms with Crippen LogP contribution in [0, 0.1) is 0 Å². The quantitative estimate of drug-likeness (QED) is 0.117. The molecule has 0 saturated carbocycles. The molecular weight excluding hydrogens is 677 g/mol. The van der Waals surface area contributed by atoms with Gasteiger partial charge in [-0.05, 0) is 57.6 Å². The van der Waals surface area contributed by atoms with Crippen LogP contribution in [0.15, 0.2) is 121 Å². The molecule has 1 aliphatic rings. The van der Waals surface area contributed by atoms with Crippen LogP contribution < -0.4 is 20.1 Å². The molecule has 8 bridgehead atoms. The largest absolute Gasteiger partial charge is 0.507 e. The van der Waals surface area contributed by atoms with E-state index in [1.165, 1.54) is 13.8 Å². The molecule has 8 nitrogen and oxygen atoms in total. The minimum Gasteiger partial charge on any atom is -0.507 e. The summed E-state index contributed by atoms with van der Waals surface area (Å²) in [5.74, 6) is 1.07. The molecule has 7 rings (SSSR count). The summed E-state index contributed by atoms with van der Waals surface area (Å²) >= 11 is 0. The van der Waals surface area contributed by atoms with E-state index in [0.29, 0.717) is 84.0 Å². The normalized spacial score (nSPS) is 12.0. The number of hydrogen-bond donors (Lipinski definition) is 4. The average Bonchev–Trinajstić information content (AvgIpc) is 3.14. The Labute approximate surface area is 315 Å². The van der Waals surface area contributed by atoms with Crippen molar-refractivity contribution in [3.8, 4) is 23.0 Å². The summed E-state index contributed by atoms with van der Waals surface area (Å²) in [5, 5.41) is 29.8. The Morgan fingerprint density at radius 1 is 0.481 bits per heavy atom. The molecule has 4 N–H and O–H groups in total. The van der Waals surface area contributed by atoms with Crippen LogP contribution in [-0.4, -0.2) is 22.0 Å². The van der Waals surface area contributed by atoms with E-state index >= 15 is 0 Å². The smallest absolute Gasteiger partial charge is 0.221 e. The summed E-state index contributed by atoms with van der Waals surface area (Å²) in [4.78, 5) is 24.6. The van der Waals surface area contributed by atoms with Gasteiger partial charge in [0.25, 0.3) is 0 Å². The molecule has 272 valence electrons. The van der Waals surface area contributed by atoms with E-state index in [-0.39, 0.29) is 23.3 Å². The van der Waals surface area contributed by atoms with Crippen LogP contribution in [0.1, 0.15) is 69.5 Å². The van der Waals surface area contributed by atoms with E-state index in [1.807, 2.05) is 97.1 Å². The average molecular weight is 719 g/mol. The summed E-state index contributed by atoms with van der Waals surface area (Å²) in [5.41, 5.74) is 8.88. The minimum absolute atomic E-state index is 0.123. The molecule has 0 fully saturated rings. The first-order valence-corrected chi connectivity index (χ1v) is 18.0. The lowest BCUT2D eigenvalue weighted by Gasteiger charge is -2.22. The number of nitrogens with one attached hydrogen (secondary N) is 2. The molecule has 8 heteroatoms. The number of amides is 2. The van der Waals surface area contributed by atoms with Crippen LogP contribution in [0.5, 0.6) is 23.0 Å².